The van der Waals surface area contributed by atoms with Crippen LogP contribution in [0.3, 0.4) is 0 Å². The minimum Gasteiger partial charge on any atom is -0.493 e. The number of amides is 1. The van der Waals surface area contributed by atoms with Gasteiger partial charge in [0.2, 0.25) is 0 Å². The van der Waals surface area contributed by atoms with E-state index >= 15 is 0 Å². The highest BCUT2D eigenvalue weighted by Crippen LogP contribution is 2.34. The third kappa shape index (κ3) is 6.45. The molecule has 0 aliphatic heterocycles. The highest BCUT2D eigenvalue weighted by molar-refractivity contribution is 7.90. The van der Waals surface area contributed by atoms with Crippen molar-refractivity contribution in [3.63, 3.8) is 0 Å². The second-order valence-corrected chi connectivity index (χ2v) is 8.58. The van der Waals surface area contributed by atoms with E-state index in [0.717, 1.165) is 6.07 Å². The number of benzene rings is 2. The molecule has 0 aliphatic rings. The van der Waals surface area contributed by atoms with Gasteiger partial charge in [0.25, 0.3) is 11.6 Å². The number of rotatable bonds is 11. The first-order chi connectivity index (χ1) is 14.3. The van der Waals surface area contributed by atoms with Crippen LogP contribution in [0.4, 0.5) is 5.69 Å². The number of nitrogens with zero attached hydrogens (tertiary/aromatic N) is 1. The summed E-state index contributed by atoms with van der Waals surface area (Å²) in [7, 11) is -1.97. The van der Waals surface area contributed by atoms with Crippen molar-refractivity contribution < 1.29 is 27.6 Å². The minimum atomic E-state index is -3.34. The zero-order chi connectivity index (χ0) is 22.1. The Morgan fingerprint density at radius 2 is 1.87 bits per heavy atom. The Labute approximate surface area is 175 Å². The van der Waals surface area contributed by atoms with Gasteiger partial charge >= 0.3 is 0 Å². The number of nitro benzene ring substituents is 1. The van der Waals surface area contributed by atoms with Crippen LogP contribution in [0.5, 0.6) is 11.5 Å². The lowest BCUT2D eigenvalue weighted by molar-refractivity contribution is -0.385. The average molecular weight is 436 g/mol. The van der Waals surface area contributed by atoms with E-state index < -0.39 is 26.4 Å². The fourth-order valence-corrected chi connectivity index (χ4v) is 4.23. The summed E-state index contributed by atoms with van der Waals surface area (Å²) in [5.41, 5.74) is 0.0829. The van der Waals surface area contributed by atoms with Crippen LogP contribution >= 0.6 is 0 Å². The van der Waals surface area contributed by atoms with Crippen LogP contribution in [-0.4, -0.2) is 45.3 Å². The maximum Gasteiger partial charge on any atom is 0.286 e. The first-order valence-electron chi connectivity index (χ1n) is 9.29. The number of nitrogens with one attached hydrogen (secondary N) is 1. The van der Waals surface area contributed by atoms with Crippen molar-refractivity contribution in [1.29, 1.82) is 0 Å². The van der Waals surface area contributed by atoms with Gasteiger partial charge in [-0.15, -0.1) is 0 Å². The molecule has 10 heteroatoms. The van der Waals surface area contributed by atoms with Crippen LogP contribution in [0.2, 0.25) is 0 Å². The van der Waals surface area contributed by atoms with Gasteiger partial charge in [0.1, 0.15) is 5.56 Å². The van der Waals surface area contributed by atoms with Gasteiger partial charge in [0.05, 0.1) is 36.2 Å². The lowest BCUT2D eigenvalue weighted by Crippen LogP contribution is -2.27. The molecular weight excluding hydrogens is 412 g/mol. The first-order valence-corrected chi connectivity index (χ1v) is 11.1. The highest BCUT2D eigenvalue weighted by atomic mass is 32.2. The number of carbonyl (C=O) groups excluding carboxylic acids is 1. The number of ether oxygens (including phenoxy) is 2. The van der Waals surface area contributed by atoms with Gasteiger partial charge < -0.3 is 14.8 Å². The van der Waals surface area contributed by atoms with E-state index in [4.69, 9.17) is 9.47 Å². The lowest BCUT2D eigenvalue weighted by atomic mass is 10.1. The van der Waals surface area contributed by atoms with Crippen LogP contribution < -0.4 is 14.8 Å². The molecule has 0 radical (unpaired) electrons. The van der Waals surface area contributed by atoms with Crippen molar-refractivity contribution in [2.45, 2.75) is 19.1 Å². The van der Waals surface area contributed by atoms with Gasteiger partial charge in [-0.2, -0.15) is 0 Å². The lowest BCUT2D eigenvalue weighted by Gasteiger charge is -2.12. The molecule has 0 bridgehead atoms. The summed E-state index contributed by atoms with van der Waals surface area (Å²) < 4.78 is 34.9. The fraction of sp³-hybridized carbons (Fsp3) is 0.350. The van der Waals surface area contributed by atoms with Gasteiger partial charge in [0, 0.05) is 12.6 Å². The standard InChI is InChI=1S/C20H24N2O7S/c1-3-29-19-13-17(22(24)25)16(12-18(19)28-2)20(23)21-10-7-11-30(26,27)14-15-8-5-4-6-9-15/h4-6,8-9,12-13H,3,7,10-11,14H2,1-2H3,(H,21,23). The van der Waals surface area contributed by atoms with Crippen LogP contribution in [0.25, 0.3) is 0 Å². The first kappa shape index (κ1) is 23.1. The molecule has 0 aliphatic carbocycles. The summed E-state index contributed by atoms with van der Waals surface area (Å²) in [5, 5.41) is 13.9. The summed E-state index contributed by atoms with van der Waals surface area (Å²) in [6.07, 6.45) is 0.183. The quantitative estimate of drug-likeness (QED) is 0.326. The second-order valence-electron chi connectivity index (χ2n) is 6.40. The van der Waals surface area contributed by atoms with Crippen molar-refractivity contribution in [3.8, 4) is 11.5 Å². The molecule has 0 saturated carbocycles. The Hall–Kier alpha value is -3.14. The molecule has 1 N–H and O–H groups in total. The average Bonchev–Trinajstić information content (AvgIpc) is 2.71. The van der Waals surface area contributed by atoms with E-state index in [1.165, 1.54) is 13.2 Å². The predicted molar refractivity (Wildman–Crippen MR) is 112 cm³/mol. The number of hydrogen-bond acceptors (Lipinski definition) is 7. The number of sulfone groups is 1. The Morgan fingerprint density at radius 3 is 2.47 bits per heavy atom. The smallest absolute Gasteiger partial charge is 0.286 e. The molecular formula is C20H24N2O7S. The molecule has 0 aromatic heterocycles. The van der Waals surface area contributed by atoms with E-state index in [1.807, 2.05) is 0 Å². The van der Waals surface area contributed by atoms with Gasteiger partial charge in [-0.1, -0.05) is 30.3 Å². The maximum absolute atomic E-state index is 12.5. The van der Waals surface area contributed by atoms with Crippen molar-refractivity contribution in [2.24, 2.45) is 0 Å². The molecule has 0 spiro atoms. The molecule has 2 aromatic carbocycles. The summed E-state index contributed by atoms with van der Waals surface area (Å²) >= 11 is 0. The second kappa shape index (κ2) is 10.6. The predicted octanol–water partition coefficient (Wildman–Crippen LogP) is 2.74. The highest BCUT2D eigenvalue weighted by Gasteiger charge is 2.24. The van der Waals surface area contributed by atoms with E-state index in [2.05, 4.69) is 5.32 Å². The summed E-state index contributed by atoms with van der Waals surface area (Å²) in [4.78, 5) is 23.1. The number of carbonyl (C=O) groups is 1. The number of nitro groups is 1. The van der Waals surface area contributed by atoms with E-state index in [0.29, 0.717) is 5.56 Å². The van der Waals surface area contributed by atoms with E-state index in [-0.39, 0.29) is 48.1 Å². The van der Waals surface area contributed by atoms with Gasteiger partial charge in [-0.25, -0.2) is 8.42 Å². The molecule has 30 heavy (non-hydrogen) atoms. The van der Waals surface area contributed by atoms with Crippen molar-refractivity contribution in [2.75, 3.05) is 26.0 Å². The molecule has 0 unspecified atom stereocenters. The molecule has 0 atom stereocenters. The molecule has 162 valence electrons. The summed E-state index contributed by atoms with van der Waals surface area (Å²) in [6, 6.07) is 11.2. The van der Waals surface area contributed by atoms with Crippen LogP contribution in [0.15, 0.2) is 42.5 Å². The topological polar surface area (TPSA) is 125 Å². The molecule has 0 fully saturated rings. The maximum atomic E-state index is 12.5. The molecule has 0 saturated heterocycles. The van der Waals surface area contributed by atoms with Gasteiger partial charge in [-0.3, -0.25) is 14.9 Å². The van der Waals surface area contributed by atoms with Crippen LogP contribution in [0.1, 0.15) is 29.3 Å². The van der Waals surface area contributed by atoms with Gasteiger partial charge in [-0.05, 0) is 18.9 Å². The normalized spacial score (nSPS) is 11.0. The molecule has 9 nitrogen and oxygen atoms in total. The van der Waals surface area contributed by atoms with Gasteiger partial charge in [0.15, 0.2) is 21.3 Å². The van der Waals surface area contributed by atoms with E-state index in [1.54, 1.807) is 37.3 Å². The summed E-state index contributed by atoms with van der Waals surface area (Å²) in [6.45, 7) is 2.05. The largest absolute Gasteiger partial charge is 0.493 e. The minimum absolute atomic E-state index is 0.0551. The monoisotopic (exact) mass is 436 g/mol. The summed E-state index contributed by atoms with van der Waals surface area (Å²) in [5.74, 6) is -0.531. The van der Waals surface area contributed by atoms with Crippen LogP contribution in [0, 0.1) is 10.1 Å². The Balaban J connectivity index is 2.01. The van der Waals surface area contributed by atoms with Crippen molar-refractivity contribution in [3.05, 3.63) is 63.7 Å². The molecule has 2 rings (SSSR count). The zero-order valence-electron chi connectivity index (χ0n) is 16.8. The Kier molecular flexibility index (Phi) is 8.16. The fourth-order valence-electron chi connectivity index (χ4n) is 2.80. The van der Waals surface area contributed by atoms with Crippen molar-refractivity contribution >= 4 is 21.4 Å². The number of hydrogen-bond donors (Lipinski definition) is 1. The Bertz CT molecular complexity index is 992. The zero-order valence-corrected chi connectivity index (χ0v) is 17.6. The third-order valence-corrected chi connectivity index (χ3v) is 5.85. The third-order valence-electron chi connectivity index (χ3n) is 4.17. The molecule has 2 aromatic rings. The Morgan fingerprint density at radius 1 is 1.17 bits per heavy atom. The molecule has 0 heterocycles. The van der Waals surface area contributed by atoms with Crippen molar-refractivity contribution in [1.82, 2.24) is 5.32 Å². The van der Waals surface area contributed by atoms with Crippen LogP contribution in [-0.2, 0) is 15.6 Å². The number of methoxy groups -OCH3 is 1. The van der Waals surface area contributed by atoms with E-state index in [9.17, 15) is 23.3 Å². The SMILES string of the molecule is CCOc1cc([N+](=O)[O-])c(C(=O)NCCCS(=O)(=O)Cc2ccccc2)cc1OC. The molecule has 1 amide bonds.